The molecule has 1 aromatic heterocycles. The summed E-state index contributed by atoms with van der Waals surface area (Å²) >= 11 is 0. The van der Waals surface area contributed by atoms with Gasteiger partial charge in [-0.1, -0.05) is 0 Å². The number of rotatable bonds is 3. The van der Waals surface area contributed by atoms with E-state index >= 15 is 0 Å². The fourth-order valence-corrected chi connectivity index (χ4v) is 2.51. The number of hydrogen-bond acceptors (Lipinski definition) is 4. The van der Waals surface area contributed by atoms with E-state index in [4.69, 9.17) is 4.74 Å². The summed E-state index contributed by atoms with van der Waals surface area (Å²) in [5, 5.41) is 10.8. The highest BCUT2D eigenvalue weighted by atomic mass is 16.6. The molecule has 1 aliphatic rings. The van der Waals surface area contributed by atoms with Crippen LogP contribution in [0.15, 0.2) is 0 Å². The number of alkyl carbamates (subject to hydrolysis) is 1. The SMILES string of the molecule is Cc1nn(C)c(C)c1NC1CC(NC(=O)OC(C)(C)C)C1. The summed E-state index contributed by atoms with van der Waals surface area (Å²) in [5.41, 5.74) is 2.81. The minimum absolute atomic E-state index is 0.189. The minimum Gasteiger partial charge on any atom is -0.444 e. The topological polar surface area (TPSA) is 68.2 Å². The predicted octanol–water partition coefficient (Wildman–Crippen LogP) is 2.50. The molecule has 0 radical (unpaired) electrons. The summed E-state index contributed by atoms with van der Waals surface area (Å²) in [5.74, 6) is 0. The molecule has 1 fully saturated rings. The average molecular weight is 294 g/mol. The number of hydrogen-bond donors (Lipinski definition) is 2. The first-order valence-corrected chi connectivity index (χ1v) is 7.42. The lowest BCUT2D eigenvalue weighted by Crippen LogP contribution is -2.50. The van der Waals surface area contributed by atoms with Crippen molar-refractivity contribution in [2.24, 2.45) is 7.05 Å². The zero-order chi connectivity index (χ0) is 15.8. The number of anilines is 1. The first-order valence-electron chi connectivity index (χ1n) is 7.42. The minimum atomic E-state index is -0.449. The van der Waals surface area contributed by atoms with Crippen molar-refractivity contribution in [3.05, 3.63) is 11.4 Å². The molecule has 0 saturated heterocycles. The van der Waals surface area contributed by atoms with E-state index in [-0.39, 0.29) is 12.1 Å². The molecule has 0 atom stereocenters. The first-order chi connectivity index (χ1) is 9.65. The number of nitrogens with zero attached hydrogens (tertiary/aromatic N) is 2. The van der Waals surface area contributed by atoms with Gasteiger partial charge in [-0.05, 0) is 47.5 Å². The molecule has 21 heavy (non-hydrogen) atoms. The lowest BCUT2D eigenvalue weighted by molar-refractivity contribution is 0.0475. The summed E-state index contributed by atoms with van der Waals surface area (Å²) in [6.45, 7) is 9.66. The molecule has 0 aromatic carbocycles. The van der Waals surface area contributed by atoms with Crippen LogP contribution in [0.2, 0.25) is 0 Å². The van der Waals surface area contributed by atoms with Gasteiger partial charge in [-0.3, -0.25) is 4.68 Å². The van der Waals surface area contributed by atoms with E-state index < -0.39 is 5.60 Å². The van der Waals surface area contributed by atoms with Crippen molar-refractivity contribution in [2.75, 3.05) is 5.32 Å². The van der Waals surface area contributed by atoms with Crippen molar-refractivity contribution in [1.82, 2.24) is 15.1 Å². The molecule has 0 aliphatic heterocycles. The number of carbonyl (C=O) groups excluding carboxylic acids is 1. The van der Waals surface area contributed by atoms with Crippen molar-refractivity contribution < 1.29 is 9.53 Å². The van der Waals surface area contributed by atoms with E-state index in [1.807, 2.05) is 39.4 Å². The molecule has 2 N–H and O–H groups in total. The number of nitrogens with one attached hydrogen (secondary N) is 2. The summed E-state index contributed by atoms with van der Waals surface area (Å²) in [6, 6.07) is 0.571. The van der Waals surface area contributed by atoms with Crippen molar-refractivity contribution in [2.45, 2.75) is 65.1 Å². The Bertz CT molecular complexity index is 525. The standard InChI is InChI=1S/C15H26N4O2/c1-9-13(10(2)19(6)18-9)16-11-7-12(8-11)17-14(20)21-15(3,4)5/h11-12,16H,7-8H2,1-6H3,(H,17,20). The fraction of sp³-hybridized carbons (Fsp3) is 0.733. The second kappa shape index (κ2) is 5.58. The van der Waals surface area contributed by atoms with E-state index in [9.17, 15) is 4.79 Å². The Labute approximate surface area is 126 Å². The molecular formula is C15H26N4O2. The van der Waals surface area contributed by atoms with Crippen LogP contribution in [0.5, 0.6) is 0 Å². The zero-order valence-corrected chi connectivity index (χ0v) is 13.8. The van der Waals surface area contributed by atoms with Gasteiger partial charge < -0.3 is 15.4 Å². The quantitative estimate of drug-likeness (QED) is 0.899. The molecule has 1 aliphatic carbocycles. The van der Waals surface area contributed by atoms with Crippen molar-refractivity contribution >= 4 is 11.8 Å². The smallest absolute Gasteiger partial charge is 0.407 e. The molecule has 6 heteroatoms. The van der Waals surface area contributed by atoms with Gasteiger partial charge in [0.1, 0.15) is 5.60 Å². The van der Waals surface area contributed by atoms with Gasteiger partial charge in [0.15, 0.2) is 0 Å². The van der Waals surface area contributed by atoms with Crippen LogP contribution in [0.4, 0.5) is 10.5 Å². The van der Waals surface area contributed by atoms with E-state index in [0.29, 0.717) is 6.04 Å². The molecule has 0 spiro atoms. The monoisotopic (exact) mass is 294 g/mol. The third kappa shape index (κ3) is 3.89. The van der Waals surface area contributed by atoms with Crippen LogP contribution >= 0.6 is 0 Å². The van der Waals surface area contributed by atoms with Crippen molar-refractivity contribution in [3.63, 3.8) is 0 Å². The second-order valence-electron chi connectivity index (χ2n) is 6.83. The van der Waals surface area contributed by atoms with Crippen LogP contribution in [0.1, 0.15) is 45.0 Å². The number of amides is 1. The molecule has 0 unspecified atom stereocenters. The third-order valence-corrected chi connectivity index (χ3v) is 3.72. The molecule has 1 aromatic rings. The lowest BCUT2D eigenvalue weighted by Gasteiger charge is -2.37. The van der Waals surface area contributed by atoms with E-state index in [0.717, 1.165) is 29.9 Å². The van der Waals surface area contributed by atoms with E-state index in [1.54, 1.807) is 0 Å². The highest BCUT2D eigenvalue weighted by molar-refractivity contribution is 5.68. The number of carbonyl (C=O) groups is 1. The van der Waals surface area contributed by atoms with Crippen LogP contribution in [-0.2, 0) is 11.8 Å². The maximum Gasteiger partial charge on any atom is 0.407 e. The normalized spacial score (nSPS) is 21.6. The molecule has 118 valence electrons. The van der Waals surface area contributed by atoms with E-state index in [2.05, 4.69) is 22.7 Å². The fourth-order valence-electron chi connectivity index (χ4n) is 2.51. The van der Waals surface area contributed by atoms with Crippen LogP contribution in [-0.4, -0.2) is 33.6 Å². The lowest BCUT2D eigenvalue weighted by atomic mass is 9.86. The molecule has 0 bridgehead atoms. The van der Waals surface area contributed by atoms with Gasteiger partial charge in [0.25, 0.3) is 0 Å². The van der Waals surface area contributed by atoms with Crippen LogP contribution < -0.4 is 10.6 Å². The summed E-state index contributed by atoms with van der Waals surface area (Å²) < 4.78 is 7.14. The van der Waals surface area contributed by atoms with Gasteiger partial charge in [-0.15, -0.1) is 0 Å². The molecule has 1 amide bonds. The Kier molecular flexibility index (Phi) is 4.16. The van der Waals surface area contributed by atoms with Crippen LogP contribution in [0, 0.1) is 13.8 Å². The number of aryl methyl sites for hydroxylation is 2. The molecule has 6 nitrogen and oxygen atoms in total. The van der Waals surface area contributed by atoms with Gasteiger partial charge in [0, 0.05) is 19.1 Å². The highest BCUT2D eigenvalue weighted by Gasteiger charge is 2.32. The molecular weight excluding hydrogens is 268 g/mol. The van der Waals surface area contributed by atoms with Gasteiger partial charge in [-0.2, -0.15) is 5.10 Å². The largest absolute Gasteiger partial charge is 0.444 e. The van der Waals surface area contributed by atoms with Crippen molar-refractivity contribution in [3.8, 4) is 0 Å². The Hall–Kier alpha value is -1.72. The number of ether oxygens (including phenoxy) is 1. The maximum absolute atomic E-state index is 11.7. The van der Waals surface area contributed by atoms with Crippen LogP contribution in [0.3, 0.4) is 0 Å². The molecule has 1 saturated carbocycles. The maximum atomic E-state index is 11.7. The number of aromatic nitrogens is 2. The molecule has 2 rings (SSSR count). The average Bonchev–Trinajstić information content (AvgIpc) is 2.50. The Morgan fingerprint density at radius 1 is 1.29 bits per heavy atom. The van der Waals surface area contributed by atoms with Crippen molar-refractivity contribution in [1.29, 1.82) is 0 Å². The second-order valence-corrected chi connectivity index (χ2v) is 6.83. The summed E-state index contributed by atoms with van der Waals surface area (Å²) in [4.78, 5) is 11.7. The molecule has 1 heterocycles. The zero-order valence-electron chi connectivity index (χ0n) is 13.8. The third-order valence-electron chi connectivity index (χ3n) is 3.72. The first kappa shape index (κ1) is 15.7. The highest BCUT2D eigenvalue weighted by Crippen LogP contribution is 2.27. The summed E-state index contributed by atoms with van der Waals surface area (Å²) in [6.07, 6.45) is 1.49. The van der Waals surface area contributed by atoms with Crippen LogP contribution in [0.25, 0.3) is 0 Å². The van der Waals surface area contributed by atoms with E-state index in [1.165, 1.54) is 0 Å². The van der Waals surface area contributed by atoms with Gasteiger partial charge >= 0.3 is 6.09 Å². The Morgan fingerprint density at radius 2 is 1.90 bits per heavy atom. The predicted molar refractivity (Wildman–Crippen MR) is 82.5 cm³/mol. The Morgan fingerprint density at radius 3 is 2.38 bits per heavy atom. The summed E-state index contributed by atoms with van der Waals surface area (Å²) in [7, 11) is 1.95. The van der Waals surface area contributed by atoms with Gasteiger partial charge in [0.2, 0.25) is 0 Å². The Balaban J connectivity index is 1.78. The van der Waals surface area contributed by atoms with Gasteiger partial charge in [-0.25, -0.2) is 4.79 Å². The van der Waals surface area contributed by atoms with Gasteiger partial charge in [0.05, 0.1) is 17.1 Å².